The third-order valence-electron chi connectivity index (χ3n) is 3.94. The molecule has 22 heavy (non-hydrogen) atoms. The van der Waals surface area contributed by atoms with Gasteiger partial charge in [-0.25, -0.2) is 4.39 Å². The fourth-order valence-corrected chi connectivity index (χ4v) is 2.80. The Morgan fingerprint density at radius 2 is 2.05 bits per heavy atom. The van der Waals surface area contributed by atoms with Crippen molar-refractivity contribution in [1.82, 2.24) is 0 Å². The van der Waals surface area contributed by atoms with Crippen LogP contribution < -0.4 is 4.90 Å². The molecule has 6 heteroatoms. The van der Waals surface area contributed by atoms with Crippen molar-refractivity contribution in [2.24, 2.45) is 0 Å². The van der Waals surface area contributed by atoms with Crippen molar-refractivity contribution < 1.29 is 14.4 Å². The summed E-state index contributed by atoms with van der Waals surface area (Å²) in [4.78, 5) is 12.7. The minimum absolute atomic E-state index is 0.0164. The molecule has 0 aromatic heterocycles. The van der Waals surface area contributed by atoms with Crippen molar-refractivity contribution in [3.05, 3.63) is 69.0 Å². The second-order valence-corrected chi connectivity index (χ2v) is 5.32. The van der Waals surface area contributed by atoms with E-state index in [1.807, 2.05) is 4.90 Å². The molecular weight excluding hydrogens is 287 g/mol. The predicted molar refractivity (Wildman–Crippen MR) is 80.2 cm³/mol. The average Bonchev–Trinajstić information content (AvgIpc) is 2.53. The summed E-state index contributed by atoms with van der Waals surface area (Å²) >= 11 is 0. The Kier molecular flexibility index (Phi) is 3.77. The highest BCUT2D eigenvalue weighted by Crippen LogP contribution is 2.33. The molecule has 0 saturated heterocycles. The number of aliphatic hydroxyl groups is 1. The SMILES string of the molecule is O=[N+]([O-])c1ccc(CO)cc1N1CCc2cc(F)ccc2C1. The maximum absolute atomic E-state index is 13.3. The van der Waals surface area contributed by atoms with Gasteiger partial charge in [0.2, 0.25) is 0 Å². The highest BCUT2D eigenvalue weighted by Gasteiger charge is 2.24. The van der Waals surface area contributed by atoms with Crippen LogP contribution in [-0.4, -0.2) is 16.6 Å². The summed E-state index contributed by atoms with van der Waals surface area (Å²) in [7, 11) is 0. The quantitative estimate of drug-likeness (QED) is 0.699. The molecule has 0 saturated carbocycles. The normalized spacial score (nSPS) is 13.8. The lowest BCUT2D eigenvalue weighted by atomic mass is 9.98. The maximum Gasteiger partial charge on any atom is 0.292 e. The third kappa shape index (κ3) is 2.65. The maximum atomic E-state index is 13.3. The summed E-state index contributed by atoms with van der Waals surface area (Å²) in [6.07, 6.45) is 0.633. The third-order valence-corrected chi connectivity index (χ3v) is 3.94. The Bertz CT molecular complexity index is 733. The number of benzene rings is 2. The Morgan fingerprint density at radius 1 is 1.23 bits per heavy atom. The second kappa shape index (κ2) is 5.73. The first kappa shape index (κ1) is 14.5. The van der Waals surface area contributed by atoms with Crippen LogP contribution in [0.15, 0.2) is 36.4 Å². The van der Waals surface area contributed by atoms with Gasteiger partial charge in [-0.1, -0.05) is 6.07 Å². The molecule has 1 heterocycles. The van der Waals surface area contributed by atoms with Gasteiger partial charge in [0.25, 0.3) is 5.69 Å². The summed E-state index contributed by atoms with van der Waals surface area (Å²) in [6.45, 7) is 0.901. The Morgan fingerprint density at radius 3 is 2.77 bits per heavy atom. The van der Waals surface area contributed by atoms with Crippen LogP contribution >= 0.6 is 0 Å². The van der Waals surface area contributed by atoms with E-state index in [1.165, 1.54) is 18.2 Å². The van der Waals surface area contributed by atoms with Gasteiger partial charge >= 0.3 is 0 Å². The molecule has 2 aromatic rings. The van der Waals surface area contributed by atoms with Gasteiger partial charge in [-0.15, -0.1) is 0 Å². The number of anilines is 1. The largest absolute Gasteiger partial charge is 0.392 e. The summed E-state index contributed by atoms with van der Waals surface area (Å²) in [5, 5.41) is 20.5. The van der Waals surface area contributed by atoms with Gasteiger partial charge in [-0.3, -0.25) is 10.1 Å². The van der Waals surface area contributed by atoms with Crippen molar-refractivity contribution in [2.45, 2.75) is 19.6 Å². The van der Waals surface area contributed by atoms with E-state index in [9.17, 15) is 19.6 Å². The van der Waals surface area contributed by atoms with Gasteiger partial charge in [-0.2, -0.15) is 0 Å². The topological polar surface area (TPSA) is 66.6 Å². The van der Waals surface area contributed by atoms with Crippen molar-refractivity contribution in [3.63, 3.8) is 0 Å². The lowest BCUT2D eigenvalue weighted by molar-refractivity contribution is -0.384. The van der Waals surface area contributed by atoms with E-state index in [4.69, 9.17) is 0 Å². The number of hydrogen-bond acceptors (Lipinski definition) is 4. The van der Waals surface area contributed by atoms with Gasteiger partial charge in [0.05, 0.1) is 11.5 Å². The molecular formula is C16H15FN2O3. The number of nitrogens with zero attached hydrogens (tertiary/aromatic N) is 2. The molecule has 1 N–H and O–H groups in total. The van der Waals surface area contributed by atoms with E-state index in [0.29, 0.717) is 30.8 Å². The fourth-order valence-electron chi connectivity index (χ4n) is 2.80. The molecule has 0 aliphatic carbocycles. The summed E-state index contributed by atoms with van der Waals surface area (Å²) in [6, 6.07) is 9.26. The van der Waals surface area contributed by atoms with Crippen LogP contribution in [0.5, 0.6) is 0 Å². The van der Waals surface area contributed by atoms with Crippen molar-refractivity contribution in [2.75, 3.05) is 11.4 Å². The smallest absolute Gasteiger partial charge is 0.292 e. The van der Waals surface area contributed by atoms with Crippen LogP contribution in [0.3, 0.4) is 0 Å². The monoisotopic (exact) mass is 302 g/mol. The first-order valence-electron chi connectivity index (χ1n) is 6.99. The van der Waals surface area contributed by atoms with Crippen LogP contribution in [-0.2, 0) is 19.6 Å². The molecule has 2 aromatic carbocycles. The first-order chi connectivity index (χ1) is 10.6. The number of halogens is 1. The van der Waals surface area contributed by atoms with Crippen LogP contribution in [0.2, 0.25) is 0 Å². The zero-order valence-corrected chi connectivity index (χ0v) is 11.8. The Hall–Kier alpha value is -2.47. The number of rotatable bonds is 3. The van der Waals surface area contributed by atoms with E-state index < -0.39 is 4.92 Å². The molecule has 1 aliphatic heterocycles. The van der Waals surface area contributed by atoms with E-state index >= 15 is 0 Å². The number of nitro groups is 1. The van der Waals surface area contributed by atoms with Gasteiger partial charge in [0, 0.05) is 19.2 Å². The van der Waals surface area contributed by atoms with Crippen LogP contribution in [0.25, 0.3) is 0 Å². The molecule has 5 nitrogen and oxygen atoms in total. The minimum atomic E-state index is -0.420. The van der Waals surface area contributed by atoms with Crippen molar-refractivity contribution in [3.8, 4) is 0 Å². The lowest BCUT2D eigenvalue weighted by Gasteiger charge is -2.30. The summed E-state index contributed by atoms with van der Waals surface area (Å²) in [5.41, 5.74) is 3.05. The van der Waals surface area contributed by atoms with Crippen molar-refractivity contribution >= 4 is 11.4 Å². The molecule has 1 aliphatic rings. The van der Waals surface area contributed by atoms with Crippen LogP contribution in [0, 0.1) is 15.9 Å². The fraction of sp³-hybridized carbons (Fsp3) is 0.250. The zero-order valence-electron chi connectivity index (χ0n) is 11.8. The highest BCUT2D eigenvalue weighted by atomic mass is 19.1. The number of fused-ring (bicyclic) bond motifs is 1. The standard InChI is InChI=1S/C16H15FN2O3/c17-14-3-2-13-9-18(6-5-12(13)8-14)16-7-11(10-20)1-4-15(16)19(21)22/h1-4,7-8,20H,5-6,9-10H2. The number of nitro benzene ring substituents is 1. The molecule has 0 spiro atoms. The molecule has 114 valence electrons. The molecule has 0 atom stereocenters. The van der Waals surface area contributed by atoms with E-state index in [0.717, 1.165) is 11.1 Å². The Labute approximate surface area is 126 Å². The lowest BCUT2D eigenvalue weighted by Crippen LogP contribution is -2.31. The average molecular weight is 302 g/mol. The number of aliphatic hydroxyl groups excluding tert-OH is 1. The summed E-state index contributed by atoms with van der Waals surface area (Å²) in [5.74, 6) is -0.263. The van der Waals surface area contributed by atoms with Gasteiger partial charge in [0.1, 0.15) is 11.5 Å². The zero-order chi connectivity index (χ0) is 15.7. The molecule has 3 rings (SSSR count). The highest BCUT2D eigenvalue weighted by molar-refractivity contribution is 5.65. The molecule has 0 fully saturated rings. The van der Waals surface area contributed by atoms with Crippen LogP contribution in [0.4, 0.5) is 15.8 Å². The van der Waals surface area contributed by atoms with Gasteiger partial charge in [0.15, 0.2) is 0 Å². The molecule has 0 unspecified atom stereocenters. The first-order valence-corrected chi connectivity index (χ1v) is 6.99. The van der Waals surface area contributed by atoms with E-state index in [-0.39, 0.29) is 18.1 Å². The van der Waals surface area contributed by atoms with Crippen molar-refractivity contribution in [1.29, 1.82) is 0 Å². The Balaban J connectivity index is 1.98. The molecule has 0 bridgehead atoms. The molecule has 0 amide bonds. The predicted octanol–water partition coefficient (Wildman–Crippen LogP) is 2.79. The van der Waals surface area contributed by atoms with E-state index in [1.54, 1.807) is 18.2 Å². The van der Waals surface area contributed by atoms with Crippen LogP contribution in [0.1, 0.15) is 16.7 Å². The molecule has 0 radical (unpaired) electrons. The van der Waals surface area contributed by atoms with E-state index in [2.05, 4.69) is 0 Å². The second-order valence-electron chi connectivity index (χ2n) is 5.32. The van der Waals surface area contributed by atoms with Gasteiger partial charge < -0.3 is 10.0 Å². The minimum Gasteiger partial charge on any atom is -0.392 e. The van der Waals surface area contributed by atoms with Gasteiger partial charge in [-0.05, 0) is 47.4 Å². The number of hydrogen-bond donors (Lipinski definition) is 1. The summed E-state index contributed by atoms with van der Waals surface area (Å²) < 4.78 is 13.3.